The van der Waals surface area contributed by atoms with Gasteiger partial charge in [-0.15, -0.1) is 0 Å². The van der Waals surface area contributed by atoms with E-state index in [1.807, 2.05) is 42.5 Å². The summed E-state index contributed by atoms with van der Waals surface area (Å²) in [7, 11) is -2.17. The molecular weight excluding hydrogens is 368 g/mol. The Morgan fingerprint density at radius 2 is 1.74 bits per heavy atom. The summed E-state index contributed by atoms with van der Waals surface area (Å²) in [5.41, 5.74) is 0.936. The van der Waals surface area contributed by atoms with Crippen LogP contribution in [0.5, 0.6) is 5.75 Å². The van der Waals surface area contributed by atoms with Gasteiger partial charge in [-0.1, -0.05) is 36.4 Å². The molecule has 3 aromatic rings. The average Bonchev–Trinajstić information content (AvgIpc) is 2.64. The second-order valence-electron chi connectivity index (χ2n) is 6.11. The number of ether oxygens (including phenoxy) is 1. The van der Waals surface area contributed by atoms with E-state index in [1.54, 1.807) is 0 Å². The Labute approximate surface area is 157 Å². The van der Waals surface area contributed by atoms with E-state index in [-0.39, 0.29) is 23.7 Å². The lowest BCUT2D eigenvalue weighted by atomic mass is 10.1. The third-order valence-corrected chi connectivity index (χ3v) is 5.39. The van der Waals surface area contributed by atoms with Crippen LogP contribution in [0.25, 0.3) is 10.8 Å². The second kappa shape index (κ2) is 7.24. The number of nitro benzene ring substituents is 1. The summed E-state index contributed by atoms with van der Waals surface area (Å²) in [6.45, 7) is 0.149. The Hall–Kier alpha value is -3.13. The predicted molar refractivity (Wildman–Crippen MR) is 105 cm³/mol. The summed E-state index contributed by atoms with van der Waals surface area (Å²) in [6, 6.07) is 17.6. The van der Waals surface area contributed by atoms with Crippen molar-refractivity contribution in [2.45, 2.75) is 6.61 Å². The maximum atomic E-state index is 11.9. The summed E-state index contributed by atoms with van der Waals surface area (Å²) < 4.78 is 30.5. The number of hydrogen-bond acceptors (Lipinski definition) is 5. The van der Waals surface area contributed by atoms with Crippen molar-refractivity contribution < 1.29 is 18.1 Å². The van der Waals surface area contributed by atoms with Crippen molar-refractivity contribution in [1.29, 1.82) is 0 Å². The van der Waals surface area contributed by atoms with Crippen LogP contribution in [0.2, 0.25) is 0 Å². The zero-order valence-electron chi connectivity index (χ0n) is 14.8. The van der Waals surface area contributed by atoms with E-state index in [2.05, 4.69) is 0 Å². The maximum Gasteiger partial charge on any atom is 0.273 e. The Balaban J connectivity index is 1.93. The van der Waals surface area contributed by atoms with Gasteiger partial charge in [0.15, 0.2) is 5.75 Å². The molecule has 7 nitrogen and oxygen atoms in total. The zero-order valence-corrected chi connectivity index (χ0v) is 15.6. The van der Waals surface area contributed by atoms with Crippen LogP contribution in [0.15, 0.2) is 60.7 Å². The second-order valence-corrected chi connectivity index (χ2v) is 8.12. The number of fused-ring (bicyclic) bond motifs is 1. The third-order valence-electron chi connectivity index (χ3n) is 4.20. The highest BCUT2D eigenvalue weighted by molar-refractivity contribution is 7.92. The first-order valence-corrected chi connectivity index (χ1v) is 9.93. The summed E-state index contributed by atoms with van der Waals surface area (Å²) in [6.07, 6.45) is 1.06. The van der Waals surface area contributed by atoms with Crippen LogP contribution in [0.1, 0.15) is 5.56 Å². The SMILES string of the molecule is CN(c1ccc([N+](=O)[O-])cc1OCc1ccc2ccccc2c1)S(C)(=O)=O. The van der Waals surface area contributed by atoms with E-state index in [1.165, 1.54) is 25.2 Å². The minimum absolute atomic E-state index is 0.130. The van der Waals surface area contributed by atoms with Crippen LogP contribution in [-0.4, -0.2) is 26.6 Å². The molecule has 0 aliphatic rings. The minimum Gasteiger partial charge on any atom is -0.486 e. The Morgan fingerprint density at radius 3 is 2.41 bits per heavy atom. The van der Waals surface area contributed by atoms with Crippen LogP contribution < -0.4 is 9.04 Å². The number of sulfonamides is 1. The van der Waals surface area contributed by atoms with Crippen LogP contribution in [0.4, 0.5) is 11.4 Å². The van der Waals surface area contributed by atoms with Gasteiger partial charge >= 0.3 is 0 Å². The number of nitro groups is 1. The fourth-order valence-corrected chi connectivity index (χ4v) is 3.17. The molecule has 0 unspecified atom stereocenters. The van der Waals surface area contributed by atoms with E-state index < -0.39 is 14.9 Å². The van der Waals surface area contributed by atoms with E-state index >= 15 is 0 Å². The summed E-state index contributed by atoms with van der Waals surface area (Å²) in [4.78, 5) is 10.5. The van der Waals surface area contributed by atoms with Gasteiger partial charge in [-0.2, -0.15) is 0 Å². The minimum atomic E-state index is -3.54. The molecule has 3 rings (SSSR count). The van der Waals surface area contributed by atoms with Gasteiger partial charge in [0, 0.05) is 13.1 Å². The Morgan fingerprint density at radius 1 is 1.04 bits per heavy atom. The van der Waals surface area contributed by atoms with E-state index in [0.717, 1.165) is 26.9 Å². The lowest BCUT2D eigenvalue weighted by Gasteiger charge is -2.20. The van der Waals surface area contributed by atoms with Gasteiger partial charge in [-0.25, -0.2) is 8.42 Å². The van der Waals surface area contributed by atoms with Crippen molar-refractivity contribution >= 4 is 32.2 Å². The summed E-state index contributed by atoms with van der Waals surface area (Å²) in [5, 5.41) is 13.2. The number of anilines is 1. The maximum absolute atomic E-state index is 11.9. The lowest BCUT2D eigenvalue weighted by Crippen LogP contribution is -2.25. The summed E-state index contributed by atoms with van der Waals surface area (Å²) in [5.74, 6) is 0.130. The van der Waals surface area contributed by atoms with Crippen LogP contribution in [-0.2, 0) is 16.6 Å². The molecule has 0 fully saturated rings. The third kappa shape index (κ3) is 4.17. The molecule has 27 heavy (non-hydrogen) atoms. The molecule has 0 atom stereocenters. The molecule has 0 radical (unpaired) electrons. The standard InChI is InChI=1S/C19H18N2O5S/c1-20(27(2,24)25)18-10-9-17(21(22)23)12-19(18)26-13-14-7-8-15-5-3-4-6-16(15)11-14/h3-12H,13H2,1-2H3. The monoisotopic (exact) mass is 386 g/mol. The first-order chi connectivity index (χ1) is 12.8. The van der Waals surface area contributed by atoms with Gasteiger partial charge in [0.1, 0.15) is 6.61 Å². The van der Waals surface area contributed by atoms with Gasteiger partial charge in [0.05, 0.1) is 22.9 Å². The quantitative estimate of drug-likeness (QED) is 0.476. The molecule has 0 bridgehead atoms. The number of hydrogen-bond donors (Lipinski definition) is 0. The Bertz CT molecular complexity index is 1110. The van der Waals surface area contributed by atoms with E-state index in [9.17, 15) is 18.5 Å². The molecule has 0 saturated heterocycles. The predicted octanol–water partition coefficient (Wildman–Crippen LogP) is 3.72. The fourth-order valence-electron chi connectivity index (χ4n) is 2.66. The first kappa shape index (κ1) is 18.7. The van der Waals surface area contributed by atoms with Gasteiger partial charge in [0.25, 0.3) is 5.69 Å². The molecule has 140 valence electrons. The van der Waals surface area contributed by atoms with Gasteiger partial charge < -0.3 is 4.74 Å². The molecule has 0 amide bonds. The van der Waals surface area contributed by atoms with Crippen molar-refractivity contribution in [3.8, 4) is 5.75 Å². The van der Waals surface area contributed by atoms with Crippen molar-refractivity contribution in [2.75, 3.05) is 17.6 Å². The lowest BCUT2D eigenvalue weighted by molar-refractivity contribution is -0.384. The molecule has 8 heteroatoms. The normalized spacial score (nSPS) is 11.3. The number of non-ortho nitro benzene ring substituents is 1. The number of rotatable bonds is 6. The van der Waals surface area contributed by atoms with Crippen LogP contribution in [0, 0.1) is 10.1 Å². The number of benzene rings is 3. The highest BCUT2D eigenvalue weighted by atomic mass is 32.2. The molecule has 3 aromatic carbocycles. The van der Waals surface area contributed by atoms with Gasteiger partial charge in [-0.3, -0.25) is 14.4 Å². The highest BCUT2D eigenvalue weighted by Crippen LogP contribution is 2.33. The molecule has 0 N–H and O–H groups in total. The van der Waals surface area contributed by atoms with Crippen molar-refractivity contribution in [3.63, 3.8) is 0 Å². The first-order valence-electron chi connectivity index (χ1n) is 8.08. The smallest absolute Gasteiger partial charge is 0.273 e. The van der Waals surface area contributed by atoms with E-state index in [4.69, 9.17) is 4.74 Å². The Kier molecular flexibility index (Phi) is 5.00. The number of nitrogens with zero attached hydrogens (tertiary/aromatic N) is 2. The molecule has 0 aliphatic carbocycles. The topological polar surface area (TPSA) is 89.8 Å². The van der Waals surface area contributed by atoms with Crippen LogP contribution >= 0.6 is 0 Å². The van der Waals surface area contributed by atoms with Gasteiger partial charge in [-0.05, 0) is 28.5 Å². The van der Waals surface area contributed by atoms with Crippen molar-refractivity contribution in [1.82, 2.24) is 0 Å². The highest BCUT2D eigenvalue weighted by Gasteiger charge is 2.20. The van der Waals surface area contributed by atoms with E-state index in [0.29, 0.717) is 0 Å². The zero-order chi connectivity index (χ0) is 19.6. The molecule has 0 spiro atoms. The molecule has 0 heterocycles. The fraction of sp³-hybridized carbons (Fsp3) is 0.158. The molecule has 0 aliphatic heterocycles. The van der Waals surface area contributed by atoms with Crippen molar-refractivity contribution in [2.24, 2.45) is 0 Å². The molecule has 0 saturated carbocycles. The molecular formula is C19H18N2O5S. The van der Waals surface area contributed by atoms with Gasteiger partial charge in [0.2, 0.25) is 10.0 Å². The average molecular weight is 386 g/mol. The summed E-state index contributed by atoms with van der Waals surface area (Å²) >= 11 is 0. The molecule has 0 aromatic heterocycles. The van der Waals surface area contributed by atoms with Crippen LogP contribution in [0.3, 0.4) is 0 Å². The largest absolute Gasteiger partial charge is 0.486 e. The van der Waals surface area contributed by atoms with Crippen molar-refractivity contribution in [3.05, 3.63) is 76.3 Å².